The molecular weight excluding hydrogens is 330 g/mol. The highest BCUT2D eigenvalue weighted by molar-refractivity contribution is 9.10. The van der Waals surface area contributed by atoms with Gasteiger partial charge in [-0.3, -0.25) is 9.48 Å². The summed E-state index contributed by atoms with van der Waals surface area (Å²) in [4.78, 5) is 11.9. The van der Waals surface area contributed by atoms with Crippen molar-refractivity contribution in [1.29, 1.82) is 0 Å². The van der Waals surface area contributed by atoms with Crippen molar-refractivity contribution >= 4 is 39.1 Å². The van der Waals surface area contributed by atoms with Crippen LogP contribution < -0.4 is 5.32 Å². The summed E-state index contributed by atoms with van der Waals surface area (Å²) in [6.07, 6.45) is 1.78. The SMILES string of the molecule is Cc1nn(CC(=O)Nc2cccc(Cl)c2C)cc1Br. The fourth-order valence-corrected chi connectivity index (χ4v) is 2.14. The van der Waals surface area contributed by atoms with Gasteiger partial charge >= 0.3 is 0 Å². The molecule has 0 saturated carbocycles. The first kappa shape index (κ1) is 14.1. The molecule has 1 aromatic carbocycles. The average Bonchev–Trinajstić information content (AvgIpc) is 2.64. The molecule has 1 N–H and O–H groups in total. The number of hydrogen-bond acceptors (Lipinski definition) is 2. The van der Waals surface area contributed by atoms with E-state index >= 15 is 0 Å². The molecule has 2 aromatic rings. The van der Waals surface area contributed by atoms with Gasteiger partial charge < -0.3 is 5.32 Å². The molecule has 0 aliphatic rings. The van der Waals surface area contributed by atoms with Crippen molar-refractivity contribution in [3.05, 3.63) is 45.1 Å². The second-order valence-electron chi connectivity index (χ2n) is 4.22. The summed E-state index contributed by atoms with van der Waals surface area (Å²) >= 11 is 9.37. The molecule has 1 aromatic heterocycles. The van der Waals surface area contributed by atoms with Gasteiger partial charge in [0.2, 0.25) is 5.91 Å². The van der Waals surface area contributed by atoms with Gasteiger partial charge in [-0.25, -0.2) is 0 Å². The summed E-state index contributed by atoms with van der Waals surface area (Å²) < 4.78 is 2.48. The molecule has 0 bridgehead atoms. The van der Waals surface area contributed by atoms with Crippen LogP contribution in [0, 0.1) is 13.8 Å². The van der Waals surface area contributed by atoms with Crippen LogP contribution >= 0.6 is 27.5 Å². The van der Waals surface area contributed by atoms with Crippen LogP contribution in [0.5, 0.6) is 0 Å². The van der Waals surface area contributed by atoms with E-state index in [-0.39, 0.29) is 12.5 Å². The zero-order chi connectivity index (χ0) is 14.0. The summed E-state index contributed by atoms with van der Waals surface area (Å²) in [5.41, 5.74) is 2.43. The molecule has 19 heavy (non-hydrogen) atoms. The van der Waals surface area contributed by atoms with E-state index in [1.54, 1.807) is 23.0 Å². The minimum absolute atomic E-state index is 0.139. The zero-order valence-electron chi connectivity index (χ0n) is 10.6. The highest BCUT2D eigenvalue weighted by atomic mass is 79.9. The summed E-state index contributed by atoms with van der Waals surface area (Å²) in [6, 6.07) is 5.42. The molecule has 100 valence electrons. The van der Waals surface area contributed by atoms with Crippen molar-refractivity contribution in [3.8, 4) is 0 Å². The van der Waals surface area contributed by atoms with Gasteiger partial charge in [-0.2, -0.15) is 5.10 Å². The molecule has 4 nitrogen and oxygen atoms in total. The monoisotopic (exact) mass is 341 g/mol. The maximum absolute atomic E-state index is 11.9. The average molecular weight is 343 g/mol. The minimum Gasteiger partial charge on any atom is -0.324 e. The molecule has 0 aliphatic carbocycles. The van der Waals surface area contributed by atoms with Crippen LogP contribution in [0.4, 0.5) is 5.69 Å². The number of hydrogen-bond donors (Lipinski definition) is 1. The fourth-order valence-electron chi connectivity index (χ4n) is 1.65. The Hall–Kier alpha value is -1.33. The smallest absolute Gasteiger partial charge is 0.246 e. The van der Waals surface area contributed by atoms with E-state index in [9.17, 15) is 4.79 Å². The van der Waals surface area contributed by atoms with Crippen molar-refractivity contribution in [2.45, 2.75) is 20.4 Å². The van der Waals surface area contributed by atoms with E-state index in [4.69, 9.17) is 11.6 Å². The van der Waals surface area contributed by atoms with E-state index in [2.05, 4.69) is 26.3 Å². The molecule has 0 aliphatic heterocycles. The lowest BCUT2D eigenvalue weighted by Gasteiger charge is -2.09. The number of aryl methyl sites for hydroxylation is 1. The third kappa shape index (κ3) is 3.36. The largest absolute Gasteiger partial charge is 0.324 e. The Morgan fingerprint density at radius 3 is 2.84 bits per heavy atom. The van der Waals surface area contributed by atoms with E-state index in [1.807, 2.05) is 19.9 Å². The van der Waals surface area contributed by atoms with Gasteiger partial charge in [-0.15, -0.1) is 0 Å². The van der Waals surface area contributed by atoms with Crippen LogP contribution in [-0.2, 0) is 11.3 Å². The van der Waals surface area contributed by atoms with E-state index in [0.717, 1.165) is 21.4 Å². The lowest BCUT2D eigenvalue weighted by molar-refractivity contribution is -0.116. The molecule has 0 fully saturated rings. The van der Waals surface area contributed by atoms with Crippen LogP contribution in [0.2, 0.25) is 5.02 Å². The number of carbonyl (C=O) groups is 1. The minimum atomic E-state index is -0.139. The second kappa shape index (κ2) is 5.75. The van der Waals surface area contributed by atoms with Crippen molar-refractivity contribution in [1.82, 2.24) is 9.78 Å². The van der Waals surface area contributed by atoms with E-state index in [1.165, 1.54) is 0 Å². The third-order valence-corrected chi connectivity index (χ3v) is 3.92. The number of nitrogens with zero attached hydrogens (tertiary/aromatic N) is 2. The van der Waals surface area contributed by atoms with Gasteiger partial charge in [0.25, 0.3) is 0 Å². The van der Waals surface area contributed by atoms with Crippen molar-refractivity contribution in [2.75, 3.05) is 5.32 Å². The van der Waals surface area contributed by atoms with E-state index in [0.29, 0.717) is 5.02 Å². The van der Waals surface area contributed by atoms with Crippen LogP contribution in [0.1, 0.15) is 11.3 Å². The molecule has 1 amide bonds. The van der Waals surface area contributed by atoms with Crippen molar-refractivity contribution in [3.63, 3.8) is 0 Å². The lowest BCUT2D eigenvalue weighted by atomic mass is 10.2. The predicted octanol–water partition coefficient (Wildman–Crippen LogP) is 3.55. The summed E-state index contributed by atoms with van der Waals surface area (Å²) in [7, 11) is 0. The number of anilines is 1. The number of benzene rings is 1. The number of rotatable bonds is 3. The number of nitrogens with one attached hydrogen (secondary N) is 1. The fraction of sp³-hybridized carbons (Fsp3) is 0.231. The summed E-state index contributed by atoms with van der Waals surface area (Å²) in [6.45, 7) is 3.91. The number of halogens is 2. The molecular formula is C13H13BrClN3O. The Labute approximate surface area is 124 Å². The Bertz CT molecular complexity index is 605. The normalized spacial score (nSPS) is 10.5. The van der Waals surface area contributed by atoms with Gasteiger partial charge in [0, 0.05) is 16.9 Å². The van der Waals surface area contributed by atoms with Crippen LogP contribution in [0.3, 0.4) is 0 Å². The van der Waals surface area contributed by atoms with Crippen molar-refractivity contribution < 1.29 is 4.79 Å². The highest BCUT2D eigenvalue weighted by Crippen LogP contribution is 2.23. The molecule has 6 heteroatoms. The van der Waals surface area contributed by atoms with Crippen LogP contribution in [-0.4, -0.2) is 15.7 Å². The Kier molecular flexibility index (Phi) is 4.27. The topological polar surface area (TPSA) is 46.9 Å². The van der Waals surface area contributed by atoms with Gasteiger partial charge in [0.1, 0.15) is 6.54 Å². The second-order valence-corrected chi connectivity index (χ2v) is 5.48. The van der Waals surface area contributed by atoms with E-state index < -0.39 is 0 Å². The first-order chi connectivity index (χ1) is 8.97. The standard InChI is InChI=1S/C13H13BrClN3O/c1-8-11(15)4-3-5-12(8)16-13(19)7-18-6-10(14)9(2)17-18/h3-6H,7H2,1-2H3,(H,16,19). The summed E-state index contributed by atoms with van der Waals surface area (Å²) in [5, 5.41) is 7.68. The zero-order valence-corrected chi connectivity index (χ0v) is 12.9. The third-order valence-electron chi connectivity index (χ3n) is 2.73. The first-order valence-corrected chi connectivity index (χ1v) is 6.89. The molecule has 1 heterocycles. The van der Waals surface area contributed by atoms with Gasteiger partial charge in [0.05, 0.1) is 10.2 Å². The lowest BCUT2D eigenvalue weighted by Crippen LogP contribution is -2.19. The Morgan fingerprint density at radius 1 is 1.47 bits per heavy atom. The first-order valence-electron chi connectivity index (χ1n) is 5.72. The molecule has 0 unspecified atom stereocenters. The van der Waals surface area contributed by atoms with Gasteiger partial charge in [0.15, 0.2) is 0 Å². The predicted molar refractivity (Wildman–Crippen MR) is 79.5 cm³/mol. The highest BCUT2D eigenvalue weighted by Gasteiger charge is 2.09. The Balaban J connectivity index is 2.07. The number of amides is 1. The van der Waals surface area contributed by atoms with Crippen molar-refractivity contribution in [2.24, 2.45) is 0 Å². The maximum Gasteiger partial charge on any atom is 0.246 e. The van der Waals surface area contributed by atoms with Gasteiger partial charge in [-0.05, 0) is 47.5 Å². The molecule has 0 atom stereocenters. The molecule has 0 radical (unpaired) electrons. The molecule has 0 saturated heterocycles. The Morgan fingerprint density at radius 2 is 2.21 bits per heavy atom. The molecule has 0 spiro atoms. The van der Waals surface area contributed by atoms with Gasteiger partial charge in [-0.1, -0.05) is 17.7 Å². The maximum atomic E-state index is 11.9. The number of carbonyl (C=O) groups excluding carboxylic acids is 1. The number of aromatic nitrogens is 2. The molecule has 2 rings (SSSR count). The quantitative estimate of drug-likeness (QED) is 0.927. The van der Waals surface area contributed by atoms with Crippen LogP contribution in [0.15, 0.2) is 28.9 Å². The summed E-state index contributed by atoms with van der Waals surface area (Å²) in [5.74, 6) is -0.139. The van der Waals surface area contributed by atoms with Crippen LogP contribution in [0.25, 0.3) is 0 Å².